The molecule has 3 aromatic rings. The number of aromatic hydroxyl groups is 1. The summed E-state index contributed by atoms with van der Waals surface area (Å²) >= 11 is 0. The second-order valence-corrected chi connectivity index (χ2v) is 8.26. The third-order valence-corrected chi connectivity index (χ3v) is 4.53. The molecule has 34 heavy (non-hydrogen) atoms. The van der Waals surface area contributed by atoms with Crippen molar-refractivity contribution in [1.29, 1.82) is 0 Å². The minimum Gasteiger partial charge on any atom is -0.507 e. The molecular formula is C24H23F3N2O5. The molecule has 0 radical (unpaired) electrons. The number of rotatable bonds is 2. The lowest BCUT2D eigenvalue weighted by molar-refractivity contribution is -0.192. The predicted molar refractivity (Wildman–Crippen MR) is 121 cm³/mol. The molecule has 0 aliphatic heterocycles. The van der Waals surface area contributed by atoms with Crippen molar-refractivity contribution in [2.75, 3.05) is 0 Å². The van der Waals surface area contributed by atoms with E-state index >= 15 is 0 Å². The van der Waals surface area contributed by atoms with Gasteiger partial charge >= 0.3 is 12.1 Å². The first kappa shape index (κ1) is 26.2. The summed E-state index contributed by atoms with van der Waals surface area (Å²) in [5, 5.41) is 17.5. The molecule has 0 atom stereocenters. The van der Waals surface area contributed by atoms with Gasteiger partial charge in [0.05, 0.1) is 0 Å². The van der Waals surface area contributed by atoms with E-state index in [4.69, 9.17) is 9.90 Å². The van der Waals surface area contributed by atoms with Crippen molar-refractivity contribution in [1.82, 2.24) is 9.97 Å². The fraction of sp³-hybridized carbons (Fsp3) is 0.208. The highest BCUT2D eigenvalue weighted by molar-refractivity contribution is 5.73. The summed E-state index contributed by atoms with van der Waals surface area (Å²) in [7, 11) is 0. The molecule has 2 aromatic carbocycles. The van der Waals surface area contributed by atoms with Crippen LogP contribution in [-0.4, -0.2) is 32.3 Å². The Balaban J connectivity index is 0.000000509. The number of phenols is 1. The van der Waals surface area contributed by atoms with Gasteiger partial charge in [-0.15, -0.1) is 0 Å². The van der Waals surface area contributed by atoms with Crippen LogP contribution in [0.3, 0.4) is 0 Å². The average Bonchev–Trinajstić information content (AvgIpc) is 2.73. The van der Waals surface area contributed by atoms with E-state index in [1.165, 1.54) is 6.08 Å². The van der Waals surface area contributed by atoms with E-state index in [9.17, 15) is 27.9 Å². The van der Waals surface area contributed by atoms with Crippen molar-refractivity contribution < 1.29 is 28.2 Å². The molecule has 0 amide bonds. The lowest BCUT2D eigenvalue weighted by Crippen LogP contribution is -2.46. The first-order valence-corrected chi connectivity index (χ1v) is 9.93. The van der Waals surface area contributed by atoms with E-state index in [2.05, 4.69) is 30.7 Å². The maximum absolute atomic E-state index is 12.4. The number of aromatic nitrogens is 2. The van der Waals surface area contributed by atoms with E-state index in [0.29, 0.717) is 5.56 Å². The first-order valence-electron chi connectivity index (χ1n) is 9.93. The number of benzene rings is 2. The predicted octanol–water partition coefficient (Wildman–Crippen LogP) is 2.36. The fourth-order valence-corrected chi connectivity index (χ4v) is 2.70. The summed E-state index contributed by atoms with van der Waals surface area (Å²) in [6, 6.07) is 14.5. The Bertz CT molecular complexity index is 1400. The number of phenolic OH excluding ortho intramolecular Hbond substituents is 1. The Kier molecular flexibility index (Phi) is 7.88. The summed E-state index contributed by atoms with van der Waals surface area (Å²) in [5.74, 6) is -2.71. The number of hydrogen-bond donors (Lipinski definition) is 4. The van der Waals surface area contributed by atoms with Gasteiger partial charge in [-0.2, -0.15) is 13.2 Å². The molecular weight excluding hydrogens is 453 g/mol. The van der Waals surface area contributed by atoms with Crippen molar-refractivity contribution in [3.8, 4) is 5.75 Å². The molecule has 10 heteroatoms. The molecule has 0 aliphatic carbocycles. The molecule has 0 saturated carbocycles. The lowest BCUT2D eigenvalue weighted by atomic mass is 9.86. The maximum atomic E-state index is 12.4. The van der Waals surface area contributed by atoms with Crippen LogP contribution < -0.4 is 21.8 Å². The van der Waals surface area contributed by atoms with Crippen LogP contribution in [0.15, 0.2) is 58.1 Å². The van der Waals surface area contributed by atoms with Crippen molar-refractivity contribution in [2.24, 2.45) is 0 Å². The Morgan fingerprint density at radius 1 is 0.882 bits per heavy atom. The quantitative estimate of drug-likeness (QED) is 0.452. The second kappa shape index (κ2) is 10.2. The van der Waals surface area contributed by atoms with E-state index in [1.54, 1.807) is 12.1 Å². The SMILES string of the molecule is CC(C)(C)c1ccc(O)c(/C=c2\[nH]c(=O)/c(=C/c3ccccc3)[nH]c2=O)c1.O=C(O)C(F)(F)F. The Labute approximate surface area is 191 Å². The highest BCUT2D eigenvalue weighted by atomic mass is 19.4. The van der Waals surface area contributed by atoms with Crippen LogP contribution in [0.5, 0.6) is 5.75 Å². The number of carbonyl (C=O) groups is 1. The van der Waals surface area contributed by atoms with E-state index in [-0.39, 0.29) is 21.9 Å². The largest absolute Gasteiger partial charge is 0.507 e. The van der Waals surface area contributed by atoms with Gasteiger partial charge < -0.3 is 20.2 Å². The van der Waals surface area contributed by atoms with Crippen molar-refractivity contribution in [2.45, 2.75) is 32.4 Å². The number of aliphatic carboxylic acids is 1. The van der Waals surface area contributed by atoms with Gasteiger partial charge in [0.15, 0.2) is 0 Å². The highest BCUT2D eigenvalue weighted by Gasteiger charge is 2.38. The molecule has 180 valence electrons. The third-order valence-electron chi connectivity index (χ3n) is 4.53. The van der Waals surface area contributed by atoms with Crippen LogP contribution in [-0.2, 0) is 10.2 Å². The monoisotopic (exact) mass is 476 g/mol. The number of alkyl halides is 3. The van der Waals surface area contributed by atoms with Crippen LogP contribution in [0.25, 0.3) is 12.2 Å². The molecule has 1 aromatic heterocycles. The minimum atomic E-state index is -5.08. The van der Waals surface area contributed by atoms with Gasteiger partial charge in [-0.1, -0.05) is 57.2 Å². The van der Waals surface area contributed by atoms with E-state index in [0.717, 1.165) is 11.1 Å². The summed E-state index contributed by atoms with van der Waals surface area (Å²) in [4.78, 5) is 38.9. The van der Waals surface area contributed by atoms with Crippen LogP contribution in [0.1, 0.15) is 37.5 Å². The van der Waals surface area contributed by atoms with E-state index < -0.39 is 23.3 Å². The number of aromatic amines is 2. The maximum Gasteiger partial charge on any atom is 0.490 e. The van der Waals surface area contributed by atoms with Gasteiger partial charge in [-0.05, 0) is 40.8 Å². The Morgan fingerprint density at radius 3 is 1.85 bits per heavy atom. The van der Waals surface area contributed by atoms with Gasteiger partial charge in [0.1, 0.15) is 16.4 Å². The number of H-pyrrole nitrogens is 2. The fourth-order valence-electron chi connectivity index (χ4n) is 2.70. The van der Waals surface area contributed by atoms with Crippen LogP contribution >= 0.6 is 0 Å². The van der Waals surface area contributed by atoms with Crippen LogP contribution in [0.2, 0.25) is 0 Å². The third kappa shape index (κ3) is 7.22. The summed E-state index contributed by atoms with van der Waals surface area (Å²) < 4.78 is 31.7. The zero-order valence-corrected chi connectivity index (χ0v) is 18.5. The van der Waals surface area contributed by atoms with Gasteiger partial charge in [-0.25, -0.2) is 4.79 Å². The second-order valence-electron chi connectivity index (χ2n) is 8.26. The van der Waals surface area contributed by atoms with Crippen molar-refractivity contribution in [3.63, 3.8) is 0 Å². The summed E-state index contributed by atoms with van der Waals surface area (Å²) in [6.07, 6.45) is -1.99. The molecule has 4 N–H and O–H groups in total. The van der Waals surface area contributed by atoms with Gasteiger partial charge in [0.2, 0.25) is 0 Å². The Hall–Kier alpha value is -4.08. The highest BCUT2D eigenvalue weighted by Crippen LogP contribution is 2.27. The molecule has 0 spiro atoms. The van der Waals surface area contributed by atoms with E-state index in [1.807, 2.05) is 42.5 Å². The van der Waals surface area contributed by atoms with Gasteiger partial charge in [-0.3, -0.25) is 9.59 Å². The topological polar surface area (TPSA) is 123 Å². The lowest BCUT2D eigenvalue weighted by Gasteiger charge is -2.19. The molecule has 1 heterocycles. The molecule has 0 fully saturated rings. The van der Waals surface area contributed by atoms with Crippen LogP contribution in [0.4, 0.5) is 13.2 Å². The van der Waals surface area contributed by atoms with Crippen molar-refractivity contribution >= 4 is 18.1 Å². The van der Waals surface area contributed by atoms with Gasteiger partial charge in [0.25, 0.3) is 11.1 Å². The van der Waals surface area contributed by atoms with Gasteiger partial charge in [0, 0.05) is 5.56 Å². The first-order chi connectivity index (χ1) is 15.7. The molecule has 0 aliphatic rings. The molecule has 3 rings (SSSR count). The minimum absolute atomic E-state index is 0.0446. The number of hydrogen-bond acceptors (Lipinski definition) is 4. The van der Waals surface area contributed by atoms with Crippen molar-refractivity contribution in [3.05, 3.63) is 96.6 Å². The molecule has 0 bridgehead atoms. The molecule has 7 nitrogen and oxygen atoms in total. The average molecular weight is 476 g/mol. The molecule has 0 unspecified atom stereocenters. The van der Waals surface area contributed by atoms with Crippen LogP contribution in [0, 0.1) is 0 Å². The standard InChI is InChI=1S/C22H22N2O3.C2HF3O2/c1-22(2,3)16-9-10-19(25)15(12-16)13-18-21(27)23-17(20(26)24-18)11-14-7-5-4-6-8-14;3-2(4,5)1(6)7/h4-13,25H,1-3H3,(H,23,27)(H,24,26);(H,6,7)/b17-11-,18-13-;. The zero-order valence-electron chi connectivity index (χ0n) is 18.5. The normalized spacial score (nSPS) is 12.8. The Morgan fingerprint density at radius 2 is 1.38 bits per heavy atom. The summed E-state index contributed by atoms with van der Waals surface area (Å²) in [5.41, 5.74) is 1.35. The summed E-state index contributed by atoms with van der Waals surface area (Å²) in [6.45, 7) is 6.18. The number of carboxylic acids is 1. The zero-order chi connectivity index (χ0) is 25.7. The smallest absolute Gasteiger partial charge is 0.490 e. The number of nitrogens with one attached hydrogen (secondary N) is 2. The number of halogens is 3. The molecule has 0 saturated heterocycles. The number of carboxylic acid groups (broad SMARTS) is 1.